The van der Waals surface area contributed by atoms with Gasteiger partial charge in [-0.3, -0.25) is 0 Å². The van der Waals surface area contributed by atoms with Crippen molar-refractivity contribution in [3.05, 3.63) is 23.0 Å². The Morgan fingerprint density at radius 2 is 0.634 bits per heavy atom. The lowest BCUT2D eigenvalue weighted by molar-refractivity contribution is -0.130. The van der Waals surface area contributed by atoms with Crippen LogP contribution in [0.4, 0.5) is 0 Å². The van der Waals surface area contributed by atoms with Crippen molar-refractivity contribution in [2.45, 2.75) is 142 Å². The van der Waals surface area contributed by atoms with Crippen molar-refractivity contribution in [1.82, 2.24) is 0 Å². The normalized spacial score (nSPS) is 12.6. The van der Waals surface area contributed by atoms with Crippen molar-refractivity contribution < 1.29 is 33.2 Å². The summed E-state index contributed by atoms with van der Waals surface area (Å²) in [5, 5.41) is 0. The molecule has 0 aromatic carbocycles. The van der Waals surface area contributed by atoms with Gasteiger partial charge in [0.25, 0.3) is 0 Å². The van der Waals surface area contributed by atoms with Gasteiger partial charge in [0.2, 0.25) is 0 Å². The largest absolute Gasteiger partial charge is 0.498 e. The molecule has 41 heavy (non-hydrogen) atoms. The summed E-state index contributed by atoms with van der Waals surface area (Å²) in [6.07, 6.45) is 25.0. The van der Waals surface area contributed by atoms with Crippen LogP contribution < -0.4 is 0 Å². The SMILES string of the molecule is CCCCCCCCCCCC(OC)=C(COCOCOCC(OC)=C(CCCCCCCCCCC)OC)OC. The van der Waals surface area contributed by atoms with Crippen LogP contribution in [-0.2, 0) is 33.2 Å². The fourth-order valence-electron chi connectivity index (χ4n) is 4.83. The van der Waals surface area contributed by atoms with Crippen LogP contribution in [0.3, 0.4) is 0 Å². The molecule has 0 aromatic heterocycles. The van der Waals surface area contributed by atoms with Crippen molar-refractivity contribution in [2.75, 3.05) is 55.2 Å². The average Bonchev–Trinajstić information content (AvgIpc) is 2.99. The highest BCUT2D eigenvalue weighted by Crippen LogP contribution is 2.19. The van der Waals surface area contributed by atoms with Gasteiger partial charge in [-0.1, -0.05) is 117 Å². The average molecular weight is 587 g/mol. The summed E-state index contributed by atoms with van der Waals surface area (Å²) in [5.41, 5.74) is 0. The van der Waals surface area contributed by atoms with E-state index in [0.29, 0.717) is 24.7 Å². The molecule has 0 N–H and O–H groups in total. The lowest BCUT2D eigenvalue weighted by Crippen LogP contribution is -2.12. The number of rotatable bonds is 32. The molecule has 0 aliphatic heterocycles. The van der Waals surface area contributed by atoms with Crippen LogP contribution in [0.2, 0.25) is 0 Å². The first-order chi connectivity index (χ1) is 20.2. The summed E-state index contributed by atoms with van der Waals surface area (Å²) in [6, 6.07) is 0. The zero-order chi connectivity index (χ0) is 30.2. The van der Waals surface area contributed by atoms with Crippen LogP contribution in [0, 0.1) is 0 Å². The van der Waals surface area contributed by atoms with Gasteiger partial charge in [-0.15, -0.1) is 0 Å². The minimum Gasteiger partial charge on any atom is -0.498 e. The molecular formula is C34H66O7. The molecule has 7 heteroatoms. The second kappa shape index (κ2) is 31.5. The van der Waals surface area contributed by atoms with Crippen LogP contribution in [-0.4, -0.2) is 55.2 Å². The maximum atomic E-state index is 5.64. The maximum Gasteiger partial charge on any atom is 0.159 e. The first kappa shape index (κ1) is 39.6. The van der Waals surface area contributed by atoms with E-state index in [-0.39, 0.29) is 13.6 Å². The van der Waals surface area contributed by atoms with Crippen molar-refractivity contribution in [3.8, 4) is 0 Å². The van der Waals surface area contributed by atoms with E-state index in [0.717, 1.165) is 37.2 Å². The number of hydrogen-bond acceptors (Lipinski definition) is 7. The first-order valence-electron chi connectivity index (χ1n) is 16.5. The van der Waals surface area contributed by atoms with Crippen LogP contribution in [0.1, 0.15) is 142 Å². The summed E-state index contributed by atoms with van der Waals surface area (Å²) in [4.78, 5) is 0. The molecule has 0 bridgehead atoms. The minimum absolute atomic E-state index is 0.101. The number of ether oxygens (including phenoxy) is 7. The van der Waals surface area contributed by atoms with Gasteiger partial charge >= 0.3 is 0 Å². The van der Waals surface area contributed by atoms with E-state index in [4.69, 9.17) is 33.2 Å². The Labute approximate surface area is 253 Å². The van der Waals surface area contributed by atoms with Crippen molar-refractivity contribution in [3.63, 3.8) is 0 Å². The van der Waals surface area contributed by atoms with Crippen LogP contribution in [0.15, 0.2) is 23.0 Å². The lowest BCUT2D eigenvalue weighted by atomic mass is 10.1. The lowest BCUT2D eigenvalue weighted by Gasteiger charge is -2.15. The van der Waals surface area contributed by atoms with Gasteiger partial charge in [0, 0.05) is 12.8 Å². The molecule has 0 saturated heterocycles. The summed E-state index contributed by atoms with van der Waals surface area (Å²) in [5.74, 6) is 3.12. The third-order valence-corrected chi connectivity index (χ3v) is 7.42. The third-order valence-electron chi connectivity index (χ3n) is 7.42. The standard InChI is InChI=1S/C34H66O7/c1-7-9-11-13-15-17-19-21-23-25-31(35-3)33(37-5)27-39-29-41-30-40-28-34(38-6)32(36-4)26-24-22-20-18-16-14-12-10-8-2/h7-30H2,1-6H3. The van der Waals surface area contributed by atoms with E-state index in [9.17, 15) is 0 Å². The van der Waals surface area contributed by atoms with E-state index in [1.807, 2.05) is 0 Å². The monoisotopic (exact) mass is 586 g/mol. The quantitative estimate of drug-likeness (QED) is 0.0441. The van der Waals surface area contributed by atoms with Gasteiger partial charge < -0.3 is 33.2 Å². The van der Waals surface area contributed by atoms with E-state index < -0.39 is 0 Å². The molecule has 0 spiro atoms. The second-order valence-electron chi connectivity index (χ2n) is 10.8. The van der Waals surface area contributed by atoms with Gasteiger partial charge in [0.15, 0.2) is 11.5 Å². The Morgan fingerprint density at radius 1 is 0.341 bits per heavy atom. The van der Waals surface area contributed by atoms with E-state index in [2.05, 4.69) is 13.8 Å². The number of unbranched alkanes of at least 4 members (excludes halogenated alkanes) is 16. The highest BCUT2D eigenvalue weighted by molar-refractivity contribution is 5.02. The molecule has 0 fully saturated rings. The Balaban J connectivity index is 4.11. The van der Waals surface area contributed by atoms with Gasteiger partial charge in [-0.25, -0.2) is 0 Å². The number of methoxy groups -OCH3 is 4. The molecule has 0 atom stereocenters. The molecule has 0 amide bonds. The summed E-state index contributed by atoms with van der Waals surface area (Å²) >= 11 is 0. The molecule has 0 saturated carbocycles. The fourth-order valence-corrected chi connectivity index (χ4v) is 4.83. The molecule has 0 heterocycles. The van der Waals surface area contributed by atoms with Gasteiger partial charge in [-0.05, 0) is 12.8 Å². The first-order valence-corrected chi connectivity index (χ1v) is 16.5. The predicted molar refractivity (Wildman–Crippen MR) is 168 cm³/mol. The van der Waals surface area contributed by atoms with Crippen LogP contribution in [0.25, 0.3) is 0 Å². The summed E-state index contributed by atoms with van der Waals surface area (Å²) in [7, 11) is 6.69. The minimum atomic E-state index is 0.101. The zero-order valence-electron chi connectivity index (χ0n) is 27.8. The fraction of sp³-hybridized carbons (Fsp3) is 0.882. The molecule has 0 radical (unpaired) electrons. The van der Waals surface area contributed by atoms with Gasteiger partial charge in [0.05, 0.1) is 28.4 Å². The molecule has 0 aliphatic carbocycles. The molecular weight excluding hydrogens is 520 g/mol. The highest BCUT2D eigenvalue weighted by atomic mass is 16.7. The number of allylic oxidation sites excluding steroid dienone is 2. The molecule has 0 aromatic rings. The van der Waals surface area contributed by atoms with Crippen molar-refractivity contribution >= 4 is 0 Å². The third kappa shape index (κ3) is 23.8. The highest BCUT2D eigenvalue weighted by Gasteiger charge is 2.10. The summed E-state index contributed by atoms with van der Waals surface area (Å²) < 4.78 is 39.0. The van der Waals surface area contributed by atoms with E-state index in [1.165, 1.54) is 103 Å². The number of hydrogen-bond donors (Lipinski definition) is 0. The van der Waals surface area contributed by atoms with Crippen LogP contribution in [0.5, 0.6) is 0 Å². The van der Waals surface area contributed by atoms with Gasteiger partial charge in [-0.2, -0.15) is 0 Å². The van der Waals surface area contributed by atoms with Crippen LogP contribution >= 0.6 is 0 Å². The van der Waals surface area contributed by atoms with E-state index in [1.54, 1.807) is 28.4 Å². The van der Waals surface area contributed by atoms with Crippen molar-refractivity contribution in [1.29, 1.82) is 0 Å². The Morgan fingerprint density at radius 3 is 0.927 bits per heavy atom. The molecule has 0 unspecified atom stereocenters. The molecule has 0 aliphatic rings. The maximum absolute atomic E-state index is 5.64. The molecule has 7 nitrogen and oxygen atoms in total. The molecule has 244 valence electrons. The van der Waals surface area contributed by atoms with Gasteiger partial charge in [0.1, 0.15) is 38.3 Å². The predicted octanol–water partition coefficient (Wildman–Crippen LogP) is 9.80. The van der Waals surface area contributed by atoms with Crippen molar-refractivity contribution in [2.24, 2.45) is 0 Å². The second-order valence-corrected chi connectivity index (χ2v) is 10.8. The topological polar surface area (TPSA) is 64.6 Å². The Kier molecular flexibility index (Phi) is 30.4. The smallest absolute Gasteiger partial charge is 0.159 e. The zero-order valence-corrected chi connectivity index (χ0v) is 27.8. The Hall–Kier alpha value is -1.44. The Bertz CT molecular complexity index is 566. The summed E-state index contributed by atoms with van der Waals surface area (Å²) in [6.45, 7) is 5.32. The molecule has 0 rings (SSSR count). The van der Waals surface area contributed by atoms with E-state index >= 15 is 0 Å².